The number of aryl methyl sites for hydroxylation is 2. The molecule has 1 fully saturated rings. The summed E-state index contributed by atoms with van der Waals surface area (Å²) < 4.78 is 43.6. The first-order valence-electron chi connectivity index (χ1n) is 11.7. The summed E-state index contributed by atoms with van der Waals surface area (Å²) in [6.07, 6.45) is -1.50. The van der Waals surface area contributed by atoms with Crippen LogP contribution in [0.25, 0.3) is 0 Å². The summed E-state index contributed by atoms with van der Waals surface area (Å²) in [5, 5.41) is 5.70. The minimum absolute atomic E-state index is 0.0634. The molecule has 1 aliphatic rings. The van der Waals surface area contributed by atoms with Gasteiger partial charge in [-0.05, 0) is 73.8 Å². The Morgan fingerprint density at radius 2 is 1.82 bits per heavy atom. The number of unbranched alkanes of at least 4 members (excludes halogenated alkanes) is 1. The topological polar surface area (TPSA) is 50.4 Å². The molecule has 2 N–H and O–H groups in total. The molecule has 1 saturated carbocycles. The van der Waals surface area contributed by atoms with E-state index in [1.54, 1.807) is 0 Å². The van der Waals surface area contributed by atoms with Gasteiger partial charge in [0, 0.05) is 12.1 Å². The molecular weight excluding hydrogens is 429 g/mol. The van der Waals surface area contributed by atoms with E-state index in [0.717, 1.165) is 42.4 Å². The summed E-state index contributed by atoms with van der Waals surface area (Å²) in [5.41, 5.74) is 4.33. The molecule has 33 heavy (non-hydrogen) atoms. The van der Waals surface area contributed by atoms with Crippen LogP contribution in [0.3, 0.4) is 0 Å². The first-order valence-corrected chi connectivity index (χ1v) is 11.7. The number of alkyl halides is 3. The van der Waals surface area contributed by atoms with Crippen LogP contribution in [-0.2, 0) is 6.42 Å². The Balaban J connectivity index is 1.83. The number of ether oxygens (including phenoxy) is 1. The average Bonchev–Trinajstić information content (AvgIpc) is 3.48. The minimum Gasteiger partial charge on any atom is -0.491 e. The summed E-state index contributed by atoms with van der Waals surface area (Å²) in [5.74, 6) is 1.49. The molecule has 0 spiro atoms. The van der Waals surface area contributed by atoms with E-state index in [-0.39, 0.29) is 13.0 Å². The molecule has 4 nitrogen and oxygen atoms in total. The van der Waals surface area contributed by atoms with Crippen LogP contribution in [0, 0.1) is 12.8 Å². The third-order valence-electron chi connectivity index (χ3n) is 5.93. The van der Waals surface area contributed by atoms with Gasteiger partial charge in [0.25, 0.3) is 0 Å². The fourth-order valence-corrected chi connectivity index (χ4v) is 3.90. The molecule has 2 aromatic rings. The third-order valence-corrected chi connectivity index (χ3v) is 5.93. The van der Waals surface area contributed by atoms with Gasteiger partial charge in [0.15, 0.2) is 0 Å². The highest BCUT2D eigenvalue weighted by molar-refractivity contribution is 6.01. The van der Waals surface area contributed by atoms with E-state index < -0.39 is 18.6 Å². The number of anilines is 2. The Hall–Kier alpha value is -2.70. The van der Waals surface area contributed by atoms with Crippen LogP contribution in [0.2, 0.25) is 0 Å². The van der Waals surface area contributed by atoms with Crippen molar-refractivity contribution < 1.29 is 22.7 Å². The zero-order chi connectivity index (χ0) is 24.0. The molecule has 180 valence electrons. The van der Waals surface area contributed by atoms with E-state index in [0.29, 0.717) is 29.0 Å². The number of amides is 2. The number of carbonyl (C=O) groups excluding carboxylic acids is 1. The SMILES string of the molecule is CCCCc1cc(C2CC2C)cc(NC(=O)Nc2ccc(C)cc2)c1OCCCC(F)(F)F. The van der Waals surface area contributed by atoms with E-state index in [1.165, 1.54) is 0 Å². The smallest absolute Gasteiger partial charge is 0.389 e. The Bertz CT molecular complexity index is 942. The van der Waals surface area contributed by atoms with Crippen molar-refractivity contribution in [1.29, 1.82) is 0 Å². The Morgan fingerprint density at radius 3 is 2.42 bits per heavy atom. The lowest BCUT2D eigenvalue weighted by Crippen LogP contribution is -2.20. The van der Waals surface area contributed by atoms with E-state index >= 15 is 0 Å². The molecule has 0 aromatic heterocycles. The maximum atomic E-state index is 12.7. The second-order valence-electron chi connectivity index (χ2n) is 8.99. The number of hydrogen-bond acceptors (Lipinski definition) is 2. The maximum absolute atomic E-state index is 12.7. The molecule has 2 atom stereocenters. The van der Waals surface area contributed by atoms with Crippen LogP contribution < -0.4 is 15.4 Å². The Labute approximate surface area is 193 Å². The van der Waals surface area contributed by atoms with E-state index in [4.69, 9.17) is 4.74 Å². The fourth-order valence-electron chi connectivity index (χ4n) is 3.90. The van der Waals surface area contributed by atoms with Crippen molar-refractivity contribution in [2.75, 3.05) is 17.2 Å². The summed E-state index contributed by atoms with van der Waals surface area (Å²) in [4.78, 5) is 12.7. The molecule has 2 aromatic carbocycles. The largest absolute Gasteiger partial charge is 0.491 e. The van der Waals surface area contributed by atoms with E-state index in [2.05, 4.69) is 30.5 Å². The second kappa shape index (κ2) is 10.9. The third kappa shape index (κ3) is 7.69. The van der Waals surface area contributed by atoms with Crippen molar-refractivity contribution in [3.05, 3.63) is 53.1 Å². The number of benzene rings is 2. The molecule has 1 aliphatic carbocycles. The van der Waals surface area contributed by atoms with E-state index in [9.17, 15) is 18.0 Å². The predicted molar refractivity (Wildman–Crippen MR) is 126 cm³/mol. The van der Waals surface area contributed by atoms with Gasteiger partial charge in [-0.25, -0.2) is 4.79 Å². The maximum Gasteiger partial charge on any atom is 0.389 e. The summed E-state index contributed by atoms with van der Waals surface area (Å²) in [7, 11) is 0. The normalized spacial score (nSPS) is 17.5. The molecule has 0 heterocycles. The van der Waals surface area contributed by atoms with Crippen LogP contribution in [0.4, 0.5) is 29.3 Å². The van der Waals surface area contributed by atoms with Crippen molar-refractivity contribution in [3.63, 3.8) is 0 Å². The first kappa shape index (κ1) is 24.9. The van der Waals surface area contributed by atoms with Gasteiger partial charge < -0.3 is 15.4 Å². The number of carbonyl (C=O) groups is 1. The minimum atomic E-state index is -4.21. The average molecular weight is 463 g/mol. The van der Waals surface area contributed by atoms with Crippen molar-refractivity contribution in [1.82, 2.24) is 0 Å². The number of rotatable bonds is 10. The molecule has 0 saturated heterocycles. The lowest BCUT2D eigenvalue weighted by Gasteiger charge is -2.19. The van der Waals surface area contributed by atoms with Gasteiger partial charge >= 0.3 is 12.2 Å². The summed E-state index contributed by atoms with van der Waals surface area (Å²) in [6.45, 7) is 6.18. The highest BCUT2D eigenvalue weighted by Crippen LogP contribution is 2.49. The standard InChI is InChI=1S/C26H33F3N2O2/c1-4-5-7-19-15-20(22-14-18(22)3)16-23(24(19)33-13-6-12-26(27,28)29)31-25(32)30-21-10-8-17(2)9-11-21/h8-11,15-16,18,22H,4-7,12-14H2,1-3H3,(H2,30,31,32). The van der Waals surface area contributed by atoms with Crippen molar-refractivity contribution in [3.8, 4) is 5.75 Å². The lowest BCUT2D eigenvalue weighted by atomic mass is 9.99. The molecule has 0 bridgehead atoms. The molecule has 0 aliphatic heterocycles. The number of nitrogens with one attached hydrogen (secondary N) is 2. The molecule has 2 amide bonds. The number of hydrogen-bond donors (Lipinski definition) is 2. The van der Waals surface area contributed by atoms with E-state index in [1.807, 2.05) is 37.3 Å². The van der Waals surface area contributed by atoms with Gasteiger partial charge in [0.2, 0.25) is 0 Å². The number of urea groups is 1. The molecule has 7 heteroatoms. The monoisotopic (exact) mass is 462 g/mol. The van der Waals surface area contributed by atoms with Crippen LogP contribution in [0.5, 0.6) is 5.75 Å². The number of halogens is 3. The van der Waals surface area contributed by atoms with Crippen molar-refractivity contribution in [2.24, 2.45) is 5.92 Å². The summed E-state index contributed by atoms with van der Waals surface area (Å²) >= 11 is 0. The Morgan fingerprint density at radius 1 is 1.12 bits per heavy atom. The van der Waals surface area contributed by atoms with Gasteiger partial charge in [-0.1, -0.05) is 44.0 Å². The molecule has 3 rings (SSSR count). The quantitative estimate of drug-likeness (QED) is 0.354. The summed E-state index contributed by atoms with van der Waals surface area (Å²) in [6, 6.07) is 11.0. The van der Waals surface area contributed by atoms with Gasteiger partial charge in [0.05, 0.1) is 12.3 Å². The van der Waals surface area contributed by atoms with Gasteiger partial charge in [-0.15, -0.1) is 0 Å². The molecule has 2 unspecified atom stereocenters. The van der Waals surface area contributed by atoms with Crippen LogP contribution in [0.1, 0.15) is 68.6 Å². The Kier molecular flexibility index (Phi) is 8.27. The van der Waals surface area contributed by atoms with Crippen molar-refractivity contribution in [2.45, 2.75) is 71.4 Å². The molecule has 0 radical (unpaired) electrons. The molecular formula is C26H33F3N2O2. The highest BCUT2D eigenvalue weighted by Gasteiger charge is 2.35. The van der Waals surface area contributed by atoms with Crippen LogP contribution in [0.15, 0.2) is 36.4 Å². The van der Waals surface area contributed by atoms with Gasteiger partial charge in [-0.3, -0.25) is 0 Å². The second-order valence-corrected chi connectivity index (χ2v) is 8.99. The highest BCUT2D eigenvalue weighted by atomic mass is 19.4. The lowest BCUT2D eigenvalue weighted by molar-refractivity contribution is -0.136. The predicted octanol–water partition coefficient (Wildman–Crippen LogP) is 7.83. The first-order chi connectivity index (χ1) is 15.7. The van der Waals surface area contributed by atoms with Crippen LogP contribution in [-0.4, -0.2) is 18.8 Å². The zero-order valence-electron chi connectivity index (χ0n) is 19.5. The van der Waals surface area contributed by atoms with Crippen LogP contribution >= 0.6 is 0 Å². The van der Waals surface area contributed by atoms with Crippen molar-refractivity contribution >= 4 is 17.4 Å². The van der Waals surface area contributed by atoms with Gasteiger partial charge in [0.1, 0.15) is 5.75 Å². The zero-order valence-corrected chi connectivity index (χ0v) is 19.5. The van der Waals surface area contributed by atoms with Gasteiger partial charge in [-0.2, -0.15) is 13.2 Å². The fraction of sp³-hybridized carbons (Fsp3) is 0.500.